The molecule has 25 heavy (non-hydrogen) atoms. The Morgan fingerprint density at radius 3 is 2.64 bits per heavy atom. The Hall–Kier alpha value is -2.32. The first-order chi connectivity index (χ1) is 12.0. The highest BCUT2D eigenvalue weighted by Crippen LogP contribution is 2.38. The second-order valence-corrected chi connectivity index (χ2v) is 6.17. The maximum absolute atomic E-state index is 12.5. The SMILES string of the molecule is CCn1c(O)c([C@H]2NCCc3cc(OC)c(OC)cc32)c(=O)[nH]c1=S. The van der Waals surface area contributed by atoms with Crippen LogP contribution in [0.4, 0.5) is 0 Å². The van der Waals surface area contributed by atoms with E-state index in [1.807, 2.05) is 19.1 Å². The topological polar surface area (TPSA) is 88.5 Å². The summed E-state index contributed by atoms with van der Waals surface area (Å²) >= 11 is 5.13. The first-order valence-electron chi connectivity index (χ1n) is 8.05. The third-order valence-electron chi connectivity index (χ3n) is 4.51. The van der Waals surface area contributed by atoms with E-state index in [2.05, 4.69) is 10.3 Å². The van der Waals surface area contributed by atoms with Gasteiger partial charge in [0.05, 0.1) is 25.8 Å². The molecule has 2 heterocycles. The fourth-order valence-electron chi connectivity index (χ4n) is 3.27. The van der Waals surface area contributed by atoms with E-state index in [1.54, 1.807) is 14.2 Å². The number of ether oxygens (including phenoxy) is 2. The molecule has 3 rings (SSSR count). The molecule has 0 unspecified atom stereocenters. The van der Waals surface area contributed by atoms with E-state index >= 15 is 0 Å². The van der Waals surface area contributed by atoms with Gasteiger partial charge in [-0.2, -0.15) is 0 Å². The second-order valence-electron chi connectivity index (χ2n) is 5.78. The molecule has 1 atom stereocenters. The molecule has 0 saturated heterocycles. The minimum atomic E-state index is -0.458. The molecular weight excluding hydrogens is 342 g/mol. The van der Waals surface area contributed by atoms with Gasteiger partial charge in [0.15, 0.2) is 16.3 Å². The third kappa shape index (κ3) is 2.91. The Bertz CT molecular complexity index is 919. The van der Waals surface area contributed by atoms with Crippen LogP contribution in [0.5, 0.6) is 17.4 Å². The molecule has 0 aliphatic carbocycles. The minimum Gasteiger partial charge on any atom is -0.494 e. The summed E-state index contributed by atoms with van der Waals surface area (Å²) in [5.41, 5.74) is 1.78. The molecule has 1 aliphatic heterocycles. The van der Waals surface area contributed by atoms with Gasteiger partial charge in [-0.15, -0.1) is 0 Å². The van der Waals surface area contributed by atoms with Crippen molar-refractivity contribution in [2.45, 2.75) is 25.9 Å². The number of aromatic hydroxyl groups is 1. The summed E-state index contributed by atoms with van der Waals surface area (Å²) in [6.45, 7) is 2.99. The first-order valence-corrected chi connectivity index (χ1v) is 8.46. The van der Waals surface area contributed by atoms with E-state index in [0.29, 0.717) is 24.6 Å². The zero-order valence-electron chi connectivity index (χ0n) is 14.4. The molecule has 2 aromatic rings. The van der Waals surface area contributed by atoms with Crippen LogP contribution in [0.3, 0.4) is 0 Å². The maximum atomic E-state index is 12.5. The first kappa shape index (κ1) is 17.5. The number of aromatic amines is 1. The van der Waals surface area contributed by atoms with E-state index in [-0.39, 0.29) is 16.2 Å². The summed E-state index contributed by atoms with van der Waals surface area (Å²) in [4.78, 5) is 15.2. The van der Waals surface area contributed by atoms with Gasteiger partial charge in [-0.1, -0.05) is 0 Å². The van der Waals surface area contributed by atoms with Crippen LogP contribution in [0.2, 0.25) is 0 Å². The van der Waals surface area contributed by atoms with Gasteiger partial charge in [-0.3, -0.25) is 14.3 Å². The van der Waals surface area contributed by atoms with E-state index in [4.69, 9.17) is 21.7 Å². The molecule has 1 aromatic carbocycles. The van der Waals surface area contributed by atoms with Crippen molar-refractivity contribution in [3.63, 3.8) is 0 Å². The number of benzene rings is 1. The van der Waals surface area contributed by atoms with Crippen molar-refractivity contribution in [1.29, 1.82) is 0 Å². The van der Waals surface area contributed by atoms with Gasteiger partial charge in [0.25, 0.3) is 5.56 Å². The lowest BCUT2D eigenvalue weighted by Gasteiger charge is -2.28. The van der Waals surface area contributed by atoms with Crippen molar-refractivity contribution in [2.75, 3.05) is 20.8 Å². The fraction of sp³-hybridized carbons (Fsp3) is 0.412. The van der Waals surface area contributed by atoms with Gasteiger partial charge in [-0.25, -0.2) is 0 Å². The van der Waals surface area contributed by atoms with Crippen molar-refractivity contribution in [3.8, 4) is 17.4 Å². The molecule has 0 saturated carbocycles. The number of hydrogen-bond donors (Lipinski definition) is 3. The summed E-state index contributed by atoms with van der Waals surface area (Å²) in [5.74, 6) is 1.11. The predicted octanol–water partition coefficient (Wildman–Crippen LogP) is 1.88. The van der Waals surface area contributed by atoms with Crippen molar-refractivity contribution in [1.82, 2.24) is 14.9 Å². The Morgan fingerprint density at radius 2 is 2.00 bits per heavy atom. The Balaban J connectivity index is 2.23. The summed E-state index contributed by atoms with van der Waals surface area (Å²) in [6.07, 6.45) is 0.789. The lowest BCUT2D eigenvalue weighted by Crippen LogP contribution is -2.35. The van der Waals surface area contributed by atoms with Crippen molar-refractivity contribution in [3.05, 3.63) is 43.9 Å². The highest BCUT2D eigenvalue weighted by atomic mass is 32.1. The average Bonchev–Trinajstić information content (AvgIpc) is 2.60. The van der Waals surface area contributed by atoms with Crippen LogP contribution in [-0.2, 0) is 13.0 Å². The molecule has 3 N–H and O–H groups in total. The second kappa shape index (κ2) is 6.89. The number of nitrogens with one attached hydrogen (secondary N) is 2. The molecule has 7 nitrogen and oxygen atoms in total. The Labute approximate surface area is 150 Å². The van der Waals surface area contributed by atoms with E-state index in [9.17, 15) is 9.90 Å². The highest BCUT2D eigenvalue weighted by Gasteiger charge is 2.29. The van der Waals surface area contributed by atoms with Crippen molar-refractivity contribution in [2.24, 2.45) is 0 Å². The monoisotopic (exact) mass is 363 g/mol. The quantitative estimate of drug-likeness (QED) is 0.719. The molecule has 0 fully saturated rings. The van der Waals surface area contributed by atoms with Crippen molar-refractivity contribution < 1.29 is 14.6 Å². The molecule has 0 spiro atoms. The number of hydrogen-bond acceptors (Lipinski definition) is 6. The van der Waals surface area contributed by atoms with E-state index < -0.39 is 11.6 Å². The van der Waals surface area contributed by atoms with Crippen LogP contribution in [-0.4, -0.2) is 35.4 Å². The standard InChI is InChI=1S/C17H21N3O4S/c1-4-20-16(22)13(15(21)19-17(20)25)14-10-8-12(24-3)11(23-2)7-9(10)5-6-18-14/h7-8,14,18,22H,4-6H2,1-3H3,(H,19,21,25)/t14-/m0/s1. The van der Waals surface area contributed by atoms with Crippen LogP contribution < -0.4 is 20.3 Å². The molecule has 134 valence electrons. The predicted molar refractivity (Wildman–Crippen MR) is 96.3 cm³/mol. The molecule has 1 aromatic heterocycles. The molecule has 8 heteroatoms. The summed E-state index contributed by atoms with van der Waals surface area (Å²) < 4.78 is 12.5. The zero-order valence-corrected chi connectivity index (χ0v) is 15.2. The van der Waals surface area contributed by atoms with Gasteiger partial charge in [-0.05, 0) is 48.8 Å². The number of fused-ring (bicyclic) bond motifs is 1. The van der Waals surface area contributed by atoms with Gasteiger partial charge in [0.2, 0.25) is 5.88 Å². The van der Waals surface area contributed by atoms with Crippen molar-refractivity contribution >= 4 is 12.2 Å². The van der Waals surface area contributed by atoms with Crippen LogP contribution in [0.1, 0.15) is 29.7 Å². The van der Waals surface area contributed by atoms with Crippen LogP contribution in [0, 0.1) is 4.77 Å². The Kier molecular flexibility index (Phi) is 4.82. The van der Waals surface area contributed by atoms with Gasteiger partial charge in [0, 0.05) is 13.1 Å². The van der Waals surface area contributed by atoms with Crippen LogP contribution in [0.15, 0.2) is 16.9 Å². The number of aromatic nitrogens is 2. The molecule has 0 radical (unpaired) electrons. The number of rotatable bonds is 4. The van der Waals surface area contributed by atoms with Crippen LogP contribution >= 0.6 is 12.2 Å². The normalized spacial score (nSPS) is 16.4. The lowest BCUT2D eigenvalue weighted by molar-refractivity contribution is 0.352. The largest absolute Gasteiger partial charge is 0.494 e. The molecular formula is C17H21N3O4S. The third-order valence-corrected chi connectivity index (χ3v) is 4.83. The smallest absolute Gasteiger partial charge is 0.260 e. The molecule has 0 bridgehead atoms. The molecule has 1 aliphatic rings. The summed E-state index contributed by atoms with van der Waals surface area (Å²) in [5, 5.41) is 13.9. The lowest BCUT2D eigenvalue weighted by atomic mass is 9.90. The number of H-pyrrole nitrogens is 1. The average molecular weight is 363 g/mol. The fourth-order valence-corrected chi connectivity index (χ4v) is 3.58. The maximum Gasteiger partial charge on any atom is 0.260 e. The minimum absolute atomic E-state index is 0.114. The zero-order chi connectivity index (χ0) is 18.1. The summed E-state index contributed by atoms with van der Waals surface area (Å²) in [7, 11) is 3.16. The highest BCUT2D eigenvalue weighted by molar-refractivity contribution is 7.71. The van der Waals surface area contributed by atoms with Gasteiger partial charge in [0.1, 0.15) is 0 Å². The van der Waals surface area contributed by atoms with Crippen LogP contribution in [0.25, 0.3) is 0 Å². The Morgan fingerprint density at radius 1 is 1.32 bits per heavy atom. The van der Waals surface area contributed by atoms with E-state index in [0.717, 1.165) is 17.5 Å². The number of nitrogens with zero attached hydrogens (tertiary/aromatic N) is 1. The van der Waals surface area contributed by atoms with Gasteiger partial charge >= 0.3 is 0 Å². The number of methoxy groups -OCH3 is 2. The summed E-state index contributed by atoms with van der Waals surface area (Å²) in [6, 6.07) is 3.31. The van der Waals surface area contributed by atoms with E-state index in [1.165, 1.54) is 4.57 Å². The molecule has 0 amide bonds. The van der Waals surface area contributed by atoms with Gasteiger partial charge < -0.3 is 19.9 Å².